The minimum atomic E-state index is 0.482. The average Bonchev–Trinajstić information content (AvgIpc) is 2.45. The molecular formula is C13H23N3O3. The SMILES string of the molecule is CCc1nc(NC)cc(OCCOCCCOC)n1. The van der Waals surface area contributed by atoms with E-state index < -0.39 is 0 Å². The maximum Gasteiger partial charge on any atom is 0.218 e. The summed E-state index contributed by atoms with van der Waals surface area (Å²) in [4.78, 5) is 8.60. The smallest absolute Gasteiger partial charge is 0.218 e. The van der Waals surface area contributed by atoms with E-state index in [2.05, 4.69) is 15.3 Å². The van der Waals surface area contributed by atoms with Crippen LogP contribution in [0.5, 0.6) is 5.88 Å². The van der Waals surface area contributed by atoms with E-state index in [0.717, 1.165) is 31.1 Å². The fourth-order valence-electron chi connectivity index (χ4n) is 1.45. The summed E-state index contributed by atoms with van der Waals surface area (Å²) in [7, 11) is 3.51. The van der Waals surface area contributed by atoms with Crippen LogP contribution in [0.4, 0.5) is 5.82 Å². The van der Waals surface area contributed by atoms with Crippen molar-refractivity contribution in [2.24, 2.45) is 0 Å². The molecule has 0 saturated carbocycles. The Kier molecular flexibility index (Phi) is 7.84. The van der Waals surface area contributed by atoms with E-state index in [1.165, 1.54) is 0 Å². The van der Waals surface area contributed by atoms with Crippen molar-refractivity contribution in [1.82, 2.24) is 9.97 Å². The van der Waals surface area contributed by atoms with Gasteiger partial charge in [-0.3, -0.25) is 0 Å². The first kappa shape index (κ1) is 15.7. The van der Waals surface area contributed by atoms with Gasteiger partial charge < -0.3 is 19.5 Å². The maximum atomic E-state index is 5.55. The molecule has 0 aliphatic rings. The van der Waals surface area contributed by atoms with Crippen LogP contribution in [0.3, 0.4) is 0 Å². The van der Waals surface area contributed by atoms with Crippen molar-refractivity contribution in [3.8, 4) is 5.88 Å². The standard InChI is InChI=1S/C13H23N3O3/c1-4-11-15-12(14-2)10-13(16-11)19-9-8-18-7-5-6-17-3/h10H,4-9H2,1-3H3,(H,14,15,16). The molecular weight excluding hydrogens is 246 g/mol. The fraction of sp³-hybridized carbons (Fsp3) is 0.692. The monoisotopic (exact) mass is 269 g/mol. The summed E-state index contributed by atoms with van der Waals surface area (Å²) in [6.45, 7) is 4.44. The lowest BCUT2D eigenvalue weighted by Gasteiger charge is -2.09. The van der Waals surface area contributed by atoms with Crippen molar-refractivity contribution in [2.45, 2.75) is 19.8 Å². The quantitative estimate of drug-likeness (QED) is 0.650. The maximum absolute atomic E-state index is 5.55. The molecule has 0 aliphatic heterocycles. The minimum Gasteiger partial charge on any atom is -0.475 e. The summed E-state index contributed by atoms with van der Waals surface area (Å²) in [5.74, 6) is 2.11. The van der Waals surface area contributed by atoms with Crippen molar-refractivity contribution in [3.63, 3.8) is 0 Å². The Hall–Kier alpha value is -1.40. The first-order valence-electron chi connectivity index (χ1n) is 6.55. The number of methoxy groups -OCH3 is 1. The highest BCUT2D eigenvalue weighted by molar-refractivity contribution is 5.37. The number of hydrogen-bond donors (Lipinski definition) is 1. The number of anilines is 1. The molecule has 0 unspecified atom stereocenters. The molecule has 108 valence electrons. The van der Waals surface area contributed by atoms with Crippen LogP contribution in [0.1, 0.15) is 19.2 Å². The van der Waals surface area contributed by atoms with Crippen LogP contribution in [0.15, 0.2) is 6.07 Å². The van der Waals surface area contributed by atoms with Crippen LogP contribution in [0, 0.1) is 0 Å². The van der Waals surface area contributed by atoms with Gasteiger partial charge in [-0.05, 0) is 6.42 Å². The third-order valence-electron chi connectivity index (χ3n) is 2.44. The minimum absolute atomic E-state index is 0.482. The Bertz CT molecular complexity index is 339. The van der Waals surface area contributed by atoms with Crippen LogP contribution in [-0.4, -0.2) is 50.6 Å². The second kappa shape index (κ2) is 9.52. The molecule has 0 amide bonds. The molecule has 0 spiro atoms. The largest absolute Gasteiger partial charge is 0.475 e. The lowest BCUT2D eigenvalue weighted by Crippen LogP contribution is -2.10. The van der Waals surface area contributed by atoms with E-state index in [-0.39, 0.29) is 0 Å². The van der Waals surface area contributed by atoms with Gasteiger partial charge in [-0.15, -0.1) is 0 Å². The summed E-state index contributed by atoms with van der Waals surface area (Å²) < 4.78 is 15.9. The molecule has 1 aromatic heterocycles. The zero-order chi connectivity index (χ0) is 13.9. The molecule has 0 atom stereocenters. The normalized spacial score (nSPS) is 10.5. The van der Waals surface area contributed by atoms with Gasteiger partial charge in [0, 0.05) is 39.9 Å². The molecule has 1 heterocycles. The van der Waals surface area contributed by atoms with Crippen LogP contribution in [0.2, 0.25) is 0 Å². The lowest BCUT2D eigenvalue weighted by atomic mass is 10.4. The summed E-state index contributed by atoms with van der Waals surface area (Å²) in [6.07, 6.45) is 1.67. The van der Waals surface area contributed by atoms with Crippen LogP contribution < -0.4 is 10.1 Å². The lowest BCUT2D eigenvalue weighted by molar-refractivity contribution is 0.0795. The zero-order valence-corrected chi connectivity index (χ0v) is 11.9. The molecule has 1 aromatic rings. The van der Waals surface area contributed by atoms with Crippen molar-refractivity contribution in [1.29, 1.82) is 0 Å². The van der Waals surface area contributed by atoms with E-state index in [1.807, 2.05) is 14.0 Å². The molecule has 6 heteroatoms. The van der Waals surface area contributed by atoms with Gasteiger partial charge in [0.2, 0.25) is 5.88 Å². The molecule has 1 rings (SSSR count). The van der Waals surface area contributed by atoms with Crippen molar-refractivity contribution in [2.75, 3.05) is 45.9 Å². The molecule has 6 nitrogen and oxygen atoms in total. The highest BCUT2D eigenvalue weighted by atomic mass is 16.5. The molecule has 19 heavy (non-hydrogen) atoms. The Balaban J connectivity index is 2.28. The second-order valence-electron chi connectivity index (χ2n) is 3.92. The van der Waals surface area contributed by atoms with Crippen molar-refractivity contribution < 1.29 is 14.2 Å². The Morgan fingerprint density at radius 1 is 1.16 bits per heavy atom. The predicted molar refractivity (Wildman–Crippen MR) is 73.8 cm³/mol. The topological polar surface area (TPSA) is 65.5 Å². The Labute approximate surface area is 114 Å². The van der Waals surface area contributed by atoms with Crippen LogP contribution in [-0.2, 0) is 15.9 Å². The first-order valence-corrected chi connectivity index (χ1v) is 6.55. The molecule has 0 fully saturated rings. The Morgan fingerprint density at radius 3 is 2.68 bits per heavy atom. The number of nitrogens with zero attached hydrogens (tertiary/aromatic N) is 2. The first-order chi connectivity index (χ1) is 9.30. The van der Waals surface area contributed by atoms with E-state index >= 15 is 0 Å². The van der Waals surface area contributed by atoms with E-state index in [1.54, 1.807) is 13.2 Å². The van der Waals surface area contributed by atoms with Gasteiger partial charge in [0.1, 0.15) is 18.2 Å². The summed E-state index contributed by atoms with van der Waals surface area (Å²) >= 11 is 0. The van der Waals surface area contributed by atoms with E-state index in [0.29, 0.717) is 25.7 Å². The molecule has 1 N–H and O–H groups in total. The van der Waals surface area contributed by atoms with Crippen molar-refractivity contribution >= 4 is 5.82 Å². The average molecular weight is 269 g/mol. The second-order valence-corrected chi connectivity index (χ2v) is 3.92. The third kappa shape index (κ3) is 6.35. The van der Waals surface area contributed by atoms with Crippen LogP contribution in [0.25, 0.3) is 0 Å². The predicted octanol–water partition coefficient (Wildman–Crippen LogP) is 1.51. The number of aryl methyl sites for hydroxylation is 1. The summed E-state index contributed by atoms with van der Waals surface area (Å²) in [5.41, 5.74) is 0. The van der Waals surface area contributed by atoms with Gasteiger partial charge in [-0.1, -0.05) is 6.92 Å². The molecule has 0 bridgehead atoms. The van der Waals surface area contributed by atoms with Crippen LogP contribution >= 0.6 is 0 Å². The number of hydrogen-bond acceptors (Lipinski definition) is 6. The Morgan fingerprint density at radius 2 is 2.00 bits per heavy atom. The zero-order valence-electron chi connectivity index (χ0n) is 11.9. The third-order valence-corrected chi connectivity index (χ3v) is 2.44. The van der Waals surface area contributed by atoms with Gasteiger partial charge in [-0.25, -0.2) is 4.98 Å². The molecule has 0 radical (unpaired) electrons. The molecule has 0 aromatic carbocycles. The number of nitrogens with one attached hydrogen (secondary N) is 1. The summed E-state index contributed by atoms with van der Waals surface area (Å²) in [5, 5.41) is 2.99. The fourth-order valence-corrected chi connectivity index (χ4v) is 1.45. The van der Waals surface area contributed by atoms with Crippen molar-refractivity contribution in [3.05, 3.63) is 11.9 Å². The van der Waals surface area contributed by atoms with Gasteiger partial charge >= 0.3 is 0 Å². The van der Waals surface area contributed by atoms with Gasteiger partial charge in [0.15, 0.2) is 0 Å². The number of aromatic nitrogens is 2. The van der Waals surface area contributed by atoms with E-state index in [9.17, 15) is 0 Å². The van der Waals surface area contributed by atoms with Gasteiger partial charge in [-0.2, -0.15) is 4.98 Å². The highest BCUT2D eigenvalue weighted by Crippen LogP contribution is 2.13. The number of rotatable bonds is 10. The molecule has 0 aliphatic carbocycles. The van der Waals surface area contributed by atoms with E-state index in [4.69, 9.17) is 14.2 Å². The molecule has 0 saturated heterocycles. The highest BCUT2D eigenvalue weighted by Gasteiger charge is 2.03. The van der Waals surface area contributed by atoms with Gasteiger partial charge in [0.05, 0.1) is 6.61 Å². The summed E-state index contributed by atoms with van der Waals surface area (Å²) in [6, 6.07) is 1.78. The number of ether oxygens (including phenoxy) is 3. The van der Waals surface area contributed by atoms with Gasteiger partial charge in [0.25, 0.3) is 0 Å².